The van der Waals surface area contributed by atoms with Gasteiger partial charge in [-0.25, -0.2) is 0 Å². The molecule has 1 fully saturated rings. The molecular weight excluding hydrogens is 204 g/mol. The molecule has 5 nitrogen and oxygen atoms in total. The Morgan fingerprint density at radius 3 is 3.12 bits per heavy atom. The number of aromatic amines is 1. The molecule has 0 spiro atoms. The molecule has 2 rings (SSSR count). The maximum atomic E-state index is 12.1. The Balaban J connectivity index is 1.88. The summed E-state index contributed by atoms with van der Waals surface area (Å²) in [6, 6.07) is 0.00523. The number of amides is 1. The van der Waals surface area contributed by atoms with Gasteiger partial charge in [-0.3, -0.25) is 9.89 Å². The first-order valence-electron chi connectivity index (χ1n) is 5.73. The minimum Gasteiger partial charge on any atom is -0.340 e. The van der Waals surface area contributed by atoms with Gasteiger partial charge >= 0.3 is 0 Å². The Hall–Kier alpha value is -1.36. The van der Waals surface area contributed by atoms with Crippen LogP contribution in [0.2, 0.25) is 0 Å². The summed E-state index contributed by atoms with van der Waals surface area (Å²) in [5, 5.41) is 9.88. The van der Waals surface area contributed by atoms with E-state index in [4.69, 9.17) is 0 Å². The van der Waals surface area contributed by atoms with Crippen LogP contribution in [0.3, 0.4) is 0 Å². The fourth-order valence-electron chi connectivity index (χ4n) is 2.04. The van der Waals surface area contributed by atoms with Gasteiger partial charge in [0.05, 0.1) is 12.2 Å². The predicted octanol–water partition coefficient (Wildman–Crippen LogP) is 0.510. The second-order valence-corrected chi connectivity index (χ2v) is 4.30. The van der Waals surface area contributed by atoms with E-state index in [9.17, 15) is 4.79 Å². The highest BCUT2D eigenvalue weighted by Crippen LogP contribution is 2.10. The second kappa shape index (κ2) is 5.12. The Labute approximate surface area is 95.2 Å². The number of hydrogen-bond donors (Lipinski definition) is 2. The van der Waals surface area contributed by atoms with Crippen molar-refractivity contribution in [3.63, 3.8) is 0 Å². The molecule has 1 aromatic heterocycles. The normalized spacial score (nSPS) is 20.7. The van der Waals surface area contributed by atoms with Crippen LogP contribution >= 0.6 is 0 Å². The van der Waals surface area contributed by atoms with Crippen LogP contribution in [0.5, 0.6) is 0 Å². The molecule has 0 saturated carbocycles. The van der Waals surface area contributed by atoms with Crippen molar-refractivity contribution in [1.29, 1.82) is 0 Å². The maximum absolute atomic E-state index is 12.1. The summed E-state index contributed by atoms with van der Waals surface area (Å²) in [7, 11) is 1.84. The van der Waals surface area contributed by atoms with E-state index in [1.165, 1.54) is 6.42 Å². The van der Waals surface area contributed by atoms with Crippen LogP contribution in [-0.2, 0) is 11.3 Å². The second-order valence-electron chi connectivity index (χ2n) is 4.30. The molecule has 0 aromatic carbocycles. The van der Waals surface area contributed by atoms with Crippen LogP contribution in [0.15, 0.2) is 12.4 Å². The highest BCUT2D eigenvalue weighted by Gasteiger charge is 2.23. The molecule has 88 valence electrons. The van der Waals surface area contributed by atoms with Crippen molar-refractivity contribution in [2.75, 3.05) is 13.6 Å². The molecule has 1 amide bonds. The van der Waals surface area contributed by atoms with E-state index < -0.39 is 0 Å². The molecule has 16 heavy (non-hydrogen) atoms. The zero-order chi connectivity index (χ0) is 11.4. The number of nitrogens with one attached hydrogen (secondary N) is 2. The monoisotopic (exact) mass is 222 g/mol. The van der Waals surface area contributed by atoms with Crippen molar-refractivity contribution >= 4 is 5.91 Å². The minimum absolute atomic E-state index is 0.00523. The summed E-state index contributed by atoms with van der Waals surface area (Å²) in [6.07, 6.45) is 6.84. The topological polar surface area (TPSA) is 61.0 Å². The molecule has 0 aliphatic carbocycles. The molecular formula is C11H18N4O. The van der Waals surface area contributed by atoms with Crippen LogP contribution in [0, 0.1) is 0 Å². The molecule has 2 N–H and O–H groups in total. The molecule has 1 aliphatic heterocycles. The highest BCUT2D eigenvalue weighted by molar-refractivity contribution is 5.81. The predicted molar refractivity (Wildman–Crippen MR) is 60.7 cm³/mol. The summed E-state index contributed by atoms with van der Waals surface area (Å²) in [4.78, 5) is 13.8. The molecule has 1 saturated heterocycles. The average molecular weight is 222 g/mol. The molecule has 0 unspecified atom stereocenters. The molecule has 0 bridgehead atoms. The van der Waals surface area contributed by atoms with Crippen molar-refractivity contribution < 1.29 is 4.79 Å². The van der Waals surface area contributed by atoms with Gasteiger partial charge in [0.15, 0.2) is 0 Å². The number of hydrogen-bond acceptors (Lipinski definition) is 3. The van der Waals surface area contributed by atoms with Gasteiger partial charge in [-0.05, 0) is 19.4 Å². The van der Waals surface area contributed by atoms with Crippen molar-refractivity contribution in [3.05, 3.63) is 18.0 Å². The molecule has 5 heteroatoms. The van der Waals surface area contributed by atoms with E-state index in [-0.39, 0.29) is 11.9 Å². The lowest BCUT2D eigenvalue weighted by atomic mass is 10.0. The first kappa shape index (κ1) is 11.1. The summed E-state index contributed by atoms with van der Waals surface area (Å²) >= 11 is 0. The number of rotatable bonds is 3. The first-order valence-corrected chi connectivity index (χ1v) is 5.73. The van der Waals surface area contributed by atoms with E-state index in [0.717, 1.165) is 24.9 Å². The lowest BCUT2D eigenvalue weighted by Gasteiger charge is -2.27. The summed E-state index contributed by atoms with van der Waals surface area (Å²) in [5.41, 5.74) is 1.03. The smallest absolute Gasteiger partial charge is 0.239 e. The molecule has 0 radical (unpaired) electrons. The fourth-order valence-corrected chi connectivity index (χ4v) is 2.04. The van der Waals surface area contributed by atoms with Crippen molar-refractivity contribution in [1.82, 2.24) is 20.4 Å². The van der Waals surface area contributed by atoms with Gasteiger partial charge in [0.25, 0.3) is 0 Å². The molecule has 1 aliphatic rings. The lowest BCUT2D eigenvalue weighted by molar-refractivity contribution is -0.133. The standard InChI is InChI=1S/C11H18N4O/c1-15(8-9-6-13-14-7-9)11(16)10-4-2-3-5-12-10/h6-7,10,12H,2-5,8H2,1H3,(H,13,14)/t10-/m0/s1. The van der Waals surface area contributed by atoms with Gasteiger partial charge < -0.3 is 10.2 Å². The minimum atomic E-state index is 0.00523. The zero-order valence-electron chi connectivity index (χ0n) is 9.57. The van der Waals surface area contributed by atoms with Gasteiger partial charge in [0.1, 0.15) is 0 Å². The summed E-state index contributed by atoms with van der Waals surface area (Å²) in [5.74, 6) is 0.181. The Kier molecular flexibility index (Phi) is 3.56. The van der Waals surface area contributed by atoms with Gasteiger partial charge in [-0.15, -0.1) is 0 Å². The number of likely N-dealkylation sites (N-methyl/N-ethyl adjacent to an activating group) is 1. The van der Waals surface area contributed by atoms with Crippen molar-refractivity contribution in [3.8, 4) is 0 Å². The summed E-state index contributed by atoms with van der Waals surface area (Å²) < 4.78 is 0. The Bertz CT molecular complexity index is 330. The third-order valence-electron chi connectivity index (χ3n) is 2.96. The number of H-pyrrole nitrogens is 1. The number of aromatic nitrogens is 2. The largest absolute Gasteiger partial charge is 0.340 e. The van der Waals surface area contributed by atoms with Gasteiger partial charge in [-0.1, -0.05) is 6.42 Å². The lowest BCUT2D eigenvalue weighted by Crippen LogP contribution is -2.46. The Morgan fingerprint density at radius 1 is 1.62 bits per heavy atom. The van der Waals surface area contributed by atoms with Crippen LogP contribution in [0.1, 0.15) is 24.8 Å². The zero-order valence-corrected chi connectivity index (χ0v) is 9.57. The Morgan fingerprint density at radius 2 is 2.50 bits per heavy atom. The van der Waals surface area contributed by atoms with E-state index in [2.05, 4.69) is 15.5 Å². The van der Waals surface area contributed by atoms with Gasteiger partial charge in [-0.2, -0.15) is 5.10 Å². The van der Waals surface area contributed by atoms with Crippen LogP contribution in [0.4, 0.5) is 0 Å². The van der Waals surface area contributed by atoms with Gasteiger partial charge in [0.2, 0.25) is 5.91 Å². The number of carbonyl (C=O) groups is 1. The molecule has 2 heterocycles. The summed E-state index contributed by atoms with van der Waals surface area (Å²) in [6.45, 7) is 1.57. The van der Waals surface area contributed by atoms with Crippen molar-refractivity contribution in [2.45, 2.75) is 31.8 Å². The van der Waals surface area contributed by atoms with Crippen LogP contribution < -0.4 is 5.32 Å². The quantitative estimate of drug-likeness (QED) is 0.783. The highest BCUT2D eigenvalue weighted by atomic mass is 16.2. The SMILES string of the molecule is CN(Cc1cn[nH]c1)C(=O)[C@@H]1CCCCN1. The van der Waals surface area contributed by atoms with Crippen LogP contribution in [0.25, 0.3) is 0 Å². The third kappa shape index (κ3) is 2.61. The third-order valence-corrected chi connectivity index (χ3v) is 2.96. The average Bonchev–Trinajstić information content (AvgIpc) is 2.82. The van der Waals surface area contributed by atoms with Crippen molar-refractivity contribution in [2.24, 2.45) is 0 Å². The fraction of sp³-hybridized carbons (Fsp3) is 0.636. The van der Waals surface area contributed by atoms with E-state index >= 15 is 0 Å². The number of carbonyl (C=O) groups excluding carboxylic acids is 1. The first-order chi connectivity index (χ1) is 7.77. The molecule has 1 atom stereocenters. The van der Waals surface area contributed by atoms with E-state index in [1.54, 1.807) is 11.1 Å². The van der Waals surface area contributed by atoms with E-state index in [1.807, 2.05) is 13.2 Å². The van der Waals surface area contributed by atoms with Crippen LogP contribution in [-0.4, -0.2) is 40.6 Å². The maximum Gasteiger partial charge on any atom is 0.239 e. The number of piperidine rings is 1. The molecule has 1 aromatic rings. The van der Waals surface area contributed by atoms with Gasteiger partial charge in [0, 0.05) is 25.4 Å². The number of nitrogens with zero attached hydrogens (tertiary/aromatic N) is 2. The van der Waals surface area contributed by atoms with E-state index in [0.29, 0.717) is 6.54 Å².